The van der Waals surface area contributed by atoms with Gasteiger partial charge in [0.15, 0.2) is 5.13 Å². The van der Waals surface area contributed by atoms with E-state index in [0.717, 1.165) is 43.9 Å². The molecule has 0 bridgehead atoms. The Morgan fingerprint density at radius 1 is 1.07 bits per heavy atom. The molecule has 2 aromatic rings. The minimum Gasteiger partial charge on any atom is -0.353 e. The van der Waals surface area contributed by atoms with Gasteiger partial charge >= 0.3 is 0 Å². The van der Waals surface area contributed by atoms with Gasteiger partial charge in [0, 0.05) is 43.7 Å². The summed E-state index contributed by atoms with van der Waals surface area (Å²) in [7, 11) is 0. The monoisotopic (exact) mass is 426 g/mol. The van der Waals surface area contributed by atoms with Gasteiger partial charge in [-0.2, -0.15) is 0 Å². The molecule has 0 spiro atoms. The van der Waals surface area contributed by atoms with Gasteiger partial charge in [0.1, 0.15) is 0 Å². The van der Waals surface area contributed by atoms with E-state index in [1.54, 1.807) is 35.6 Å². The maximum atomic E-state index is 12.3. The van der Waals surface area contributed by atoms with Crippen LogP contribution in [-0.4, -0.2) is 53.3 Å². The molecule has 1 N–H and O–H groups in total. The largest absolute Gasteiger partial charge is 0.353 e. The number of hydrogen-bond acceptors (Lipinski definition) is 6. The Kier molecular flexibility index (Phi) is 6.42. The minimum absolute atomic E-state index is 0.0865. The SMILES string of the molecule is O=C(CCCCCN1C(=O)c2ccccc2C1=O)NC1CCN(c2nccs2)CC1. The average molecular weight is 427 g/mol. The van der Waals surface area contributed by atoms with Gasteiger partial charge in [0.05, 0.1) is 11.1 Å². The number of imide groups is 1. The van der Waals surface area contributed by atoms with Gasteiger partial charge in [-0.25, -0.2) is 4.98 Å². The molecule has 2 aliphatic heterocycles. The molecule has 0 unspecified atom stereocenters. The molecule has 158 valence electrons. The van der Waals surface area contributed by atoms with Crippen molar-refractivity contribution in [2.45, 2.75) is 44.6 Å². The number of carbonyl (C=O) groups is 3. The fourth-order valence-electron chi connectivity index (χ4n) is 4.06. The zero-order valence-electron chi connectivity index (χ0n) is 16.9. The highest BCUT2D eigenvalue weighted by atomic mass is 32.1. The number of piperidine rings is 1. The Balaban J connectivity index is 1.11. The lowest BCUT2D eigenvalue weighted by Gasteiger charge is -2.32. The standard InChI is InChI=1S/C22H26N4O3S/c27-19(24-16-9-13-25(14-10-16)22-23-11-15-30-22)8-2-1-5-12-26-20(28)17-6-3-4-7-18(17)21(26)29/h3-4,6-7,11,15-16H,1-2,5,8-10,12-14H2,(H,24,27). The molecule has 0 atom stereocenters. The molecule has 1 aromatic carbocycles. The first-order valence-electron chi connectivity index (χ1n) is 10.5. The predicted octanol–water partition coefficient (Wildman–Crippen LogP) is 3.08. The van der Waals surface area contributed by atoms with Crippen molar-refractivity contribution in [1.29, 1.82) is 0 Å². The van der Waals surface area contributed by atoms with Crippen molar-refractivity contribution < 1.29 is 14.4 Å². The Labute approximate surface area is 180 Å². The van der Waals surface area contributed by atoms with E-state index in [1.165, 1.54) is 4.90 Å². The van der Waals surface area contributed by atoms with Crippen molar-refractivity contribution in [3.05, 3.63) is 47.0 Å². The van der Waals surface area contributed by atoms with E-state index in [0.29, 0.717) is 30.5 Å². The molecule has 4 rings (SSSR count). The normalized spacial score (nSPS) is 16.8. The lowest BCUT2D eigenvalue weighted by atomic mass is 10.0. The van der Waals surface area contributed by atoms with Crippen molar-refractivity contribution in [2.24, 2.45) is 0 Å². The van der Waals surface area contributed by atoms with Gasteiger partial charge in [-0.15, -0.1) is 11.3 Å². The molecule has 0 saturated carbocycles. The predicted molar refractivity (Wildman–Crippen MR) is 116 cm³/mol. The minimum atomic E-state index is -0.211. The molecule has 8 heteroatoms. The van der Waals surface area contributed by atoms with Crippen LogP contribution in [0.25, 0.3) is 0 Å². The van der Waals surface area contributed by atoms with E-state index in [1.807, 2.05) is 11.6 Å². The topological polar surface area (TPSA) is 82.6 Å². The van der Waals surface area contributed by atoms with Gasteiger partial charge in [-0.1, -0.05) is 18.6 Å². The van der Waals surface area contributed by atoms with Crippen LogP contribution in [0.4, 0.5) is 5.13 Å². The van der Waals surface area contributed by atoms with Crippen LogP contribution in [0, 0.1) is 0 Å². The third-order valence-electron chi connectivity index (χ3n) is 5.71. The summed E-state index contributed by atoms with van der Waals surface area (Å²) in [6.07, 6.45) is 6.45. The number of benzene rings is 1. The molecule has 2 aliphatic rings. The van der Waals surface area contributed by atoms with Gasteiger partial charge in [0.25, 0.3) is 11.8 Å². The molecule has 0 radical (unpaired) electrons. The zero-order chi connectivity index (χ0) is 20.9. The van der Waals surface area contributed by atoms with Crippen molar-refractivity contribution in [3.63, 3.8) is 0 Å². The van der Waals surface area contributed by atoms with Gasteiger partial charge in [-0.3, -0.25) is 19.3 Å². The number of thiazole rings is 1. The third-order valence-corrected chi connectivity index (χ3v) is 6.55. The molecule has 0 aliphatic carbocycles. The quantitative estimate of drug-likeness (QED) is 0.518. The molecular weight excluding hydrogens is 400 g/mol. The summed E-state index contributed by atoms with van der Waals surface area (Å²) < 4.78 is 0. The number of rotatable bonds is 8. The van der Waals surface area contributed by atoms with Crippen LogP contribution >= 0.6 is 11.3 Å². The lowest BCUT2D eigenvalue weighted by molar-refractivity contribution is -0.122. The molecule has 30 heavy (non-hydrogen) atoms. The highest BCUT2D eigenvalue weighted by molar-refractivity contribution is 7.13. The van der Waals surface area contributed by atoms with Crippen molar-refractivity contribution in [3.8, 4) is 0 Å². The fourth-order valence-corrected chi connectivity index (χ4v) is 4.76. The van der Waals surface area contributed by atoms with Crippen LogP contribution in [0.15, 0.2) is 35.8 Å². The number of nitrogens with zero attached hydrogens (tertiary/aromatic N) is 3. The summed E-state index contributed by atoms with van der Waals surface area (Å²) in [6, 6.07) is 7.17. The third kappa shape index (κ3) is 4.53. The Morgan fingerprint density at radius 2 is 1.77 bits per heavy atom. The van der Waals surface area contributed by atoms with E-state index >= 15 is 0 Å². The highest BCUT2D eigenvalue weighted by Crippen LogP contribution is 2.23. The number of carbonyl (C=O) groups excluding carboxylic acids is 3. The second-order valence-corrected chi connectivity index (χ2v) is 8.63. The molecule has 1 fully saturated rings. The number of unbranched alkanes of at least 4 members (excludes halogenated alkanes) is 2. The second-order valence-electron chi connectivity index (χ2n) is 7.76. The summed E-state index contributed by atoms with van der Waals surface area (Å²) in [4.78, 5) is 44.8. The Morgan fingerprint density at radius 3 is 2.40 bits per heavy atom. The summed E-state index contributed by atoms with van der Waals surface area (Å²) in [5.41, 5.74) is 0.977. The maximum Gasteiger partial charge on any atom is 0.261 e. The van der Waals surface area contributed by atoms with E-state index in [4.69, 9.17) is 0 Å². The second kappa shape index (κ2) is 9.38. The number of hydrogen-bond donors (Lipinski definition) is 1. The zero-order valence-corrected chi connectivity index (χ0v) is 17.7. The number of anilines is 1. The first kappa shape index (κ1) is 20.5. The summed E-state index contributed by atoms with van der Waals surface area (Å²) in [5.74, 6) is -0.335. The smallest absolute Gasteiger partial charge is 0.261 e. The van der Waals surface area contributed by atoms with Gasteiger partial charge < -0.3 is 10.2 Å². The summed E-state index contributed by atoms with van der Waals surface area (Å²) in [5, 5.41) is 6.18. The summed E-state index contributed by atoms with van der Waals surface area (Å²) >= 11 is 1.65. The number of nitrogens with one attached hydrogen (secondary N) is 1. The number of fused-ring (bicyclic) bond motifs is 1. The molecule has 1 aromatic heterocycles. The Bertz CT molecular complexity index is 872. The van der Waals surface area contributed by atoms with Gasteiger partial charge in [0.2, 0.25) is 5.91 Å². The van der Waals surface area contributed by atoms with Crippen molar-refractivity contribution >= 4 is 34.2 Å². The average Bonchev–Trinajstić information content (AvgIpc) is 3.38. The molecule has 1 saturated heterocycles. The van der Waals surface area contributed by atoms with Crippen LogP contribution in [0.5, 0.6) is 0 Å². The van der Waals surface area contributed by atoms with E-state index in [-0.39, 0.29) is 23.8 Å². The van der Waals surface area contributed by atoms with Gasteiger partial charge in [-0.05, 0) is 37.8 Å². The lowest BCUT2D eigenvalue weighted by Crippen LogP contribution is -2.44. The number of amides is 3. The van der Waals surface area contributed by atoms with Crippen molar-refractivity contribution in [2.75, 3.05) is 24.5 Å². The molecular formula is C22H26N4O3S. The maximum absolute atomic E-state index is 12.3. The van der Waals surface area contributed by atoms with E-state index in [9.17, 15) is 14.4 Å². The first-order chi connectivity index (χ1) is 14.6. The van der Waals surface area contributed by atoms with Crippen LogP contribution in [0.3, 0.4) is 0 Å². The molecule has 7 nitrogen and oxygen atoms in total. The summed E-state index contributed by atoms with van der Waals surface area (Å²) in [6.45, 7) is 2.24. The van der Waals surface area contributed by atoms with Crippen LogP contribution < -0.4 is 10.2 Å². The van der Waals surface area contributed by atoms with Crippen LogP contribution in [0.1, 0.15) is 59.2 Å². The molecule has 3 heterocycles. The fraction of sp³-hybridized carbons (Fsp3) is 0.455. The van der Waals surface area contributed by atoms with Crippen molar-refractivity contribution in [1.82, 2.24) is 15.2 Å². The van der Waals surface area contributed by atoms with Crippen LogP contribution in [-0.2, 0) is 4.79 Å². The van der Waals surface area contributed by atoms with E-state index in [2.05, 4.69) is 15.2 Å². The Hall–Kier alpha value is -2.74. The van der Waals surface area contributed by atoms with Crippen LogP contribution in [0.2, 0.25) is 0 Å². The first-order valence-corrected chi connectivity index (χ1v) is 11.4. The highest BCUT2D eigenvalue weighted by Gasteiger charge is 2.34. The number of aromatic nitrogens is 1. The van der Waals surface area contributed by atoms with E-state index < -0.39 is 0 Å². The molecule has 3 amide bonds.